The van der Waals surface area contributed by atoms with Gasteiger partial charge in [-0.05, 0) is 57.0 Å². The van der Waals surface area contributed by atoms with Gasteiger partial charge in [0.2, 0.25) is 0 Å². The Balaban J connectivity index is 0.00000512. The third-order valence-electron chi connectivity index (χ3n) is 4.39. The van der Waals surface area contributed by atoms with Gasteiger partial charge in [-0.25, -0.2) is 8.42 Å². The van der Waals surface area contributed by atoms with E-state index in [1.165, 1.54) is 0 Å². The predicted molar refractivity (Wildman–Crippen MR) is 140 cm³/mol. The normalized spacial score (nSPS) is 12.7. The number of aliphatic imine (C=N–C) groups is 1. The fourth-order valence-corrected chi connectivity index (χ4v) is 4.21. The molecular formula is C23H34IN3O4S. The van der Waals surface area contributed by atoms with Crippen LogP contribution in [0.5, 0.6) is 5.75 Å². The maximum absolute atomic E-state index is 12.3. The summed E-state index contributed by atoms with van der Waals surface area (Å²) in [6.07, 6.45) is -0.208. The maximum Gasteiger partial charge on any atom is 0.191 e. The molecule has 0 aliphatic carbocycles. The van der Waals surface area contributed by atoms with E-state index in [4.69, 9.17) is 4.74 Å². The van der Waals surface area contributed by atoms with E-state index in [-0.39, 0.29) is 42.4 Å². The summed E-state index contributed by atoms with van der Waals surface area (Å²) < 4.78 is 30.3. The van der Waals surface area contributed by atoms with E-state index in [0.29, 0.717) is 30.4 Å². The number of aliphatic hydroxyl groups is 1. The minimum atomic E-state index is -3.29. The van der Waals surface area contributed by atoms with Crippen LogP contribution in [0.4, 0.5) is 0 Å². The van der Waals surface area contributed by atoms with Crippen LogP contribution in [-0.2, 0) is 9.84 Å². The molecule has 0 aliphatic rings. The van der Waals surface area contributed by atoms with Gasteiger partial charge in [-0.1, -0.05) is 30.3 Å². The van der Waals surface area contributed by atoms with Crippen LogP contribution in [0.25, 0.3) is 0 Å². The van der Waals surface area contributed by atoms with Crippen molar-refractivity contribution in [3.05, 3.63) is 60.2 Å². The van der Waals surface area contributed by atoms with Gasteiger partial charge in [0.05, 0.1) is 29.4 Å². The van der Waals surface area contributed by atoms with Crippen molar-refractivity contribution in [2.24, 2.45) is 4.99 Å². The average molecular weight is 576 g/mol. The summed E-state index contributed by atoms with van der Waals surface area (Å²) >= 11 is 0. The lowest BCUT2D eigenvalue weighted by atomic mass is 10.1. The van der Waals surface area contributed by atoms with Gasteiger partial charge < -0.3 is 20.5 Å². The fraction of sp³-hybridized carbons (Fsp3) is 0.435. The molecule has 0 heterocycles. The second-order valence-corrected chi connectivity index (χ2v) is 9.49. The van der Waals surface area contributed by atoms with Gasteiger partial charge in [-0.15, -0.1) is 24.0 Å². The molecule has 178 valence electrons. The zero-order valence-corrected chi connectivity index (χ0v) is 22.0. The van der Waals surface area contributed by atoms with Crippen molar-refractivity contribution in [1.29, 1.82) is 0 Å². The Morgan fingerprint density at radius 2 is 1.72 bits per heavy atom. The summed E-state index contributed by atoms with van der Waals surface area (Å²) in [5.74, 6) is 1.35. The van der Waals surface area contributed by atoms with Gasteiger partial charge in [-0.2, -0.15) is 0 Å². The minimum Gasteiger partial charge on any atom is -0.491 e. The first-order valence-electron chi connectivity index (χ1n) is 10.6. The van der Waals surface area contributed by atoms with Crippen molar-refractivity contribution in [1.82, 2.24) is 10.6 Å². The monoisotopic (exact) mass is 575 g/mol. The summed E-state index contributed by atoms with van der Waals surface area (Å²) in [4.78, 5) is 4.75. The second kappa shape index (κ2) is 14.3. The Labute approximate surface area is 208 Å². The first-order chi connectivity index (χ1) is 14.8. The number of aliphatic hydroxyl groups excluding tert-OH is 1. The molecule has 2 rings (SSSR count). The van der Waals surface area contributed by atoms with Crippen molar-refractivity contribution in [3.8, 4) is 5.75 Å². The van der Waals surface area contributed by atoms with Crippen LogP contribution in [0.15, 0.2) is 64.5 Å². The highest BCUT2D eigenvalue weighted by molar-refractivity contribution is 14.0. The van der Waals surface area contributed by atoms with E-state index < -0.39 is 15.9 Å². The molecule has 9 heteroatoms. The predicted octanol–water partition coefficient (Wildman–Crippen LogP) is 3.54. The highest BCUT2D eigenvalue weighted by Gasteiger charge is 2.13. The van der Waals surface area contributed by atoms with E-state index in [2.05, 4.69) is 15.6 Å². The van der Waals surface area contributed by atoms with Crippen molar-refractivity contribution in [3.63, 3.8) is 0 Å². The largest absolute Gasteiger partial charge is 0.491 e. The Hall–Kier alpha value is -1.85. The first-order valence-corrected chi connectivity index (χ1v) is 12.2. The van der Waals surface area contributed by atoms with Gasteiger partial charge >= 0.3 is 0 Å². The summed E-state index contributed by atoms with van der Waals surface area (Å²) in [5, 5.41) is 16.7. The number of guanidine groups is 1. The molecule has 0 radical (unpaired) electrons. The molecule has 0 bridgehead atoms. The van der Waals surface area contributed by atoms with Crippen LogP contribution in [0.2, 0.25) is 0 Å². The lowest BCUT2D eigenvalue weighted by Gasteiger charge is -2.14. The van der Waals surface area contributed by atoms with Crippen LogP contribution in [0.3, 0.4) is 0 Å². The molecular weight excluding hydrogens is 541 g/mol. The topological polar surface area (TPSA) is 100 Å². The van der Waals surface area contributed by atoms with Crippen LogP contribution in [-0.4, -0.2) is 51.0 Å². The van der Waals surface area contributed by atoms with Gasteiger partial charge in [-0.3, -0.25) is 4.99 Å². The van der Waals surface area contributed by atoms with Crippen LogP contribution in [0.1, 0.15) is 38.9 Å². The molecule has 0 amide bonds. The van der Waals surface area contributed by atoms with Crippen molar-refractivity contribution in [2.45, 2.75) is 44.3 Å². The standard InChI is InChI=1S/C23H33N3O4S.HI/c1-4-24-23(25-15-8-16-31(28,29)21-9-6-5-7-10-21)26-17-22(27)19-11-13-20(14-12-19)30-18(2)3;/h5-7,9-14,18,22,27H,4,8,15-17H2,1-3H3,(H2,24,25,26);1H. The molecule has 0 fully saturated rings. The molecule has 1 unspecified atom stereocenters. The zero-order valence-electron chi connectivity index (χ0n) is 18.8. The molecule has 0 saturated heterocycles. The molecule has 0 spiro atoms. The third kappa shape index (κ3) is 9.74. The molecule has 2 aromatic carbocycles. The Kier molecular flexibility index (Phi) is 12.6. The summed E-state index contributed by atoms with van der Waals surface area (Å²) in [7, 11) is -3.29. The molecule has 2 aromatic rings. The number of rotatable bonds is 11. The number of nitrogens with one attached hydrogen (secondary N) is 2. The Morgan fingerprint density at radius 1 is 1.06 bits per heavy atom. The van der Waals surface area contributed by atoms with Gasteiger partial charge in [0.25, 0.3) is 0 Å². The van der Waals surface area contributed by atoms with Gasteiger partial charge in [0.1, 0.15) is 5.75 Å². The fourth-order valence-electron chi connectivity index (χ4n) is 2.88. The summed E-state index contributed by atoms with van der Waals surface area (Å²) in [5.41, 5.74) is 0.754. The molecule has 32 heavy (non-hydrogen) atoms. The maximum atomic E-state index is 12.3. The van der Waals surface area contributed by atoms with E-state index in [1.807, 2.05) is 45.0 Å². The number of hydrogen-bond donors (Lipinski definition) is 3. The van der Waals surface area contributed by atoms with E-state index in [9.17, 15) is 13.5 Å². The molecule has 0 saturated carbocycles. The molecule has 1 atom stereocenters. The lowest BCUT2D eigenvalue weighted by molar-refractivity contribution is 0.186. The van der Waals surface area contributed by atoms with Crippen LogP contribution < -0.4 is 15.4 Å². The number of ether oxygens (including phenoxy) is 1. The van der Waals surface area contributed by atoms with Crippen LogP contribution in [0, 0.1) is 0 Å². The highest BCUT2D eigenvalue weighted by atomic mass is 127. The third-order valence-corrected chi connectivity index (χ3v) is 6.20. The number of sulfone groups is 1. The van der Waals surface area contributed by atoms with Crippen molar-refractivity contribution < 1.29 is 18.3 Å². The molecule has 7 nitrogen and oxygen atoms in total. The second-order valence-electron chi connectivity index (χ2n) is 7.38. The van der Waals surface area contributed by atoms with Crippen molar-refractivity contribution in [2.75, 3.05) is 25.4 Å². The zero-order chi connectivity index (χ0) is 22.7. The SMILES string of the molecule is CCNC(=NCC(O)c1ccc(OC(C)C)cc1)NCCCS(=O)(=O)c1ccccc1.I. The Morgan fingerprint density at radius 3 is 2.31 bits per heavy atom. The number of hydrogen-bond acceptors (Lipinski definition) is 5. The highest BCUT2D eigenvalue weighted by Crippen LogP contribution is 2.19. The summed E-state index contributed by atoms with van der Waals surface area (Å²) in [6.45, 7) is 7.16. The quantitative estimate of drug-likeness (QED) is 0.164. The van der Waals surface area contributed by atoms with E-state index >= 15 is 0 Å². The van der Waals surface area contributed by atoms with Gasteiger partial charge in [0.15, 0.2) is 15.8 Å². The first kappa shape index (κ1) is 28.2. The lowest BCUT2D eigenvalue weighted by Crippen LogP contribution is -2.38. The van der Waals surface area contributed by atoms with Crippen LogP contribution >= 0.6 is 24.0 Å². The van der Waals surface area contributed by atoms with Crippen molar-refractivity contribution >= 4 is 39.8 Å². The van der Waals surface area contributed by atoms with E-state index in [0.717, 1.165) is 11.3 Å². The minimum absolute atomic E-state index is 0. The number of nitrogens with zero attached hydrogens (tertiary/aromatic N) is 1. The summed E-state index contributed by atoms with van der Waals surface area (Å²) in [6, 6.07) is 15.8. The average Bonchev–Trinajstić information content (AvgIpc) is 2.75. The van der Waals surface area contributed by atoms with E-state index in [1.54, 1.807) is 30.3 Å². The van der Waals surface area contributed by atoms with Gasteiger partial charge in [0, 0.05) is 13.1 Å². The molecule has 3 N–H and O–H groups in total. The molecule has 0 aliphatic heterocycles. The Bertz CT molecular complexity index is 920. The molecule has 0 aromatic heterocycles. The smallest absolute Gasteiger partial charge is 0.191 e. The number of benzene rings is 2. The number of halogens is 1.